The molecule has 1 N–H and O–H groups in total. The third-order valence-electron chi connectivity index (χ3n) is 3.87. The normalized spacial score (nSPS) is 23.8. The molecular formula is C13H24N4. The third kappa shape index (κ3) is 3.30. The fraction of sp³-hybridized carbons (Fsp3) is 0.769. The molecule has 96 valence electrons. The Morgan fingerprint density at radius 1 is 1.47 bits per heavy atom. The van der Waals surface area contributed by atoms with Gasteiger partial charge in [-0.15, -0.1) is 0 Å². The van der Waals surface area contributed by atoms with Crippen molar-refractivity contribution < 1.29 is 0 Å². The van der Waals surface area contributed by atoms with Crippen molar-refractivity contribution in [3.05, 3.63) is 18.5 Å². The topological polar surface area (TPSA) is 33.1 Å². The van der Waals surface area contributed by atoms with Crippen LogP contribution in [0.1, 0.15) is 20.3 Å². The Morgan fingerprint density at radius 2 is 2.35 bits per heavy atom. The number of rotatable bonds is 5. The highest BCUT2D eigenvalue weighted by atomic mass is 15.3. The standard InChI is InChI=1S/C13H24N4/c1-3-12(2)13-11-14-6-8-16(13)9-10-17-7-4-5-15-17/h4-5,7,12-14H,3,6,8-11H2,1-2H3. The summed E-state index contributed by atoms with van der Waals surface area (Å²) in [5, 5.41) is 7.77. The monoisotopic (exact) mass is 236 g/mol. The van der Waals surface area contributed by atoms with E-state index in [0.29, 0.717) is 6.04 Å². The Labute approximate surface area is 104 Å². The van der Waals surface area contributed by atoms with Crippen LogP contribution in [-0.2, 0) is 6.54 Å². The van der Waals surface area contributed by atoms with E-state index in [9.17, 15) is 0 Å². The summed E-state index contributed by atoms with van der Waals surface area (Å²) in [7, 11) is 0. The second-order valence-electron chi connectivity index (χ2n) is 4.96. The minimum atomic E-state index is 0.685. The number of hydrogen-bond donors (Lipinski definition) is 1. The Balaban J connectivity index is 1.87. The summed E-state index contributed by atoms with van der Waals surface area (Å²) in [5.41, 5.74) is 0. The number of aromatic nitrogens is 2. The minimum absolute atomic E-state index is 0.685. The first-order valence-corrected chi connectivity index (χ1v) is 6.73. The van der Waals surface area contributed by atoms with Gasteiger partial charge in [-0.25, -0.2) is 0 Å². The lowest BCUT2D eigenvalue weighted by Crippen LogP contribution is -2.54. The molecule has 0 bridgehead atoms. The van der Waals surface area contributed by atoms with E-state index in [-0.39, 0.29) is 0 Å². The van der Waals surface area contributed by atoms with E-state index in [0.717, 1.165) is 38.6 Å². The van der Waals surface area contributed by atoms with E-state index in [2.05, 4.69) is 29.2 Å². The van der Waals surface area contributed by atoms with E-state index >= 15 is 0 Å². The van der Waals surface area contributed by atoms with Crippen molar-refractivity contribution in [2.45, 2.75) is 32.9 Å². The van der Waals surface area contributed by atoms with Crippen LogP contribution in [0.3, 0.4) is 0 Å². The van der Waals surface area contributed by atoms with Crippen molar-refractivity contribution in [1.29, 1.82) is 0 Å². The molecule has 0 amide bonds. The summed E-state index contributed by atoms with van der Waals surface area (Å²) in [6.45, 7) is 10.2. The molecule has 0 spiro atoms. The summed E-state index contributed by atoms with van der Waals surface area (Å²) < 4.78 is 2.02. The van der Waals surface area contributed by atoms with Crippen LogP contribution in [-0.4, -0.2) is 46.9 Å². The van der Waals surface area contributed by atoms with E-state index in [4.69, 9.17) is 0 Å². The largest absolute Gasteiger partial charge is 0.314 e. The van der Waals surface area contributed by atoms with Gasteiger partial charge in [0.15, 0.2) is 0 Å². The van der Waals surface area contributed by atoms with E-state index in [1.165, 1.54) is 6.42 Å². The van der Waals surface area contributed by atoms with Crippen LogP contribution in [0.25, 0.3) is 0 Å². The van der Waals surface area contributed by atoms with Gasteiger partial charge in [-0.05, 0) is 12.0 Å². The fourth-order valence-electron chi connectivity index (χ4n) is 2.54. The average Bonchev–Trinajstić information content (AvgIpc) is 2.89. The van der Waals surface area contributed by atoms with Crippen molar-refractivity contribution >= 4 is 0 Å². The molecule has 2 unspecified atom stereocenters. The van der Waals surface area contributed by atoms with Gasteiger partial charge in [0.05, 0.1) is 6.54 Å². The molecule has 2 heterocycles. The molecule has 1 aliphatic rings. The van der Waals surface area contributed by atoms with Crippen molar-refractivity contribution in [1.82, 2.24) is 20.0 Å². The minimum Gasteiger partial charge on any atom is -0.314 e. The van der Waals surface area contributed by atoms with Crippen molar-refractivity contribution in [3.63, 3.8) is 0 Å². The molecule has 0 aliphatic carbocycles. The SMILES string of the molecule is CCC(C)C1CNCCN1CCn1cccn1. The zero-order valence-corrected chi connectivity index (χ0v) is 11.0. The van der Waals surface area contributed by atoms with Gasteiger partial charge in [0.25, 0.3) is 0 Å². The first-order valence-electron chi connectivity index (χ1n) is 6.73. The molecule has 4 nitrogen and oxygen atoms in total. The molecular weight excluding hydrogens is 212 g/mol. The quantitative estimate of drug-likeness (QED) is 0.834. The van der Waals surface area contributed by atoms with E-state index < -0.39 is 0 Å². The first-order chi connectivity index (χ1) is 8.31. The summed E-state index contributed by atoms with van der Waals surface area (Å²) in [4.78, 5) is 2.62. The summed E-state index contributed by atoms with van der Waals surface area (Å²) >= 11 is 0. The summed E-state index contributed by atoms with van der Waals surface area (Å²) in [5.74, 6) is 0.764. The molecule has 2 rings (SSSR count). The summed E-state index contributed by atoms with van der Waals surface area (Å²) in [6, 6.07) is 2.67. The Morgan fingerprint density at radius 3 is 3.06 bits per heavy atom. The van der Waals surface area contributed by atoms with Crippen LogP contribution < -0.4 is 5.32 Å². The third-order valence-corrected chi connectivity index (χ3v) is 3.87. The van der Waals surface area contributed by atoms with Crippen LogP contribution in [0.15, 0.2) is 18.5 Å². The van der Waals surface area contributed by atoms with Crippen LogP contribution in [0, 0.1) is 5.92 Å². The van der Waals surface area contributed by atoms with Crippen molar-refractivity contribution in [2.75, 3.05) is 26.2 Å². The lowest BCUT2D eigenvalue weighted by molar-refractivity contribution is 0.111. The lowest BCUT2D eigenvalue weighted by atomic mass is 9.96. The highest BCUT2D eigenvalue weighted by Crippen LogP contribution is 2.16. The van der Waals surface area contributed by atoms with Gasteiger partial charge in [0.2, 0.25) is 0 Å². The zero-order valence-electron chi connectivity index (χ0n) is 11.0. The fourth-order valence-corrected chi connectivity index (χ4v) is 2.54. The maximum absolute atomic E-state index is 4.27. The second kappa shape index (κ2) is 6.17. The lowest BCUT2D eigenvalue weighted by Gasteiger charge is -2.39. The molecule has 17 heavy (non-hydrogen) atoms. The predicted octanol–water partition coefficient (Wildman–Crippen LogP) is 1.20. The molecule has 4 heteroatoms. The van der Waals surface area contributed by atoms with Gasteiger partial charge in [0.1, 0.15) is 0 Å². The highest BCUT2D eigenvalue weighted by molar-refractivity contribution is 4.84. The molecule has 1 aromatic heterocycles. The molecule has 2 atom stereocenters. The van der Waals surface area contributed by atoms with Gasteiger partial charge in [-0.3, -0.25) is 9.58 Å². The van der Waals surface area contributed by atoms with Crippen molar-refractivity contribution in [2.24, 2.45) is 5.92 Å². The van der Waals surface area contributed by atoms with Crippen LogP contribution in [0.4, 0.5) is 0 Å². The molecule has 0 radical (unpaired) electrons. The van der Waals surface area contributed by atoms with E-state index in [1.807, 2.05) is 23.1 Å². The number of piperazine rings is 1. The number of hydrogen-bond acceptors (Lipinski definition) is 3. The van der Waals surface area contributed by atoms with Gasteiger partial charge >= 0.3 is 0 Å². The molecule has 1 fully saturated rings. The molecule has 1 aliphatic heterocycles. The first kappa shape index (κ1) is 12.6. The number of nitrogens with one attached hydrogen (secondary N) is 1. The van der Waals surface area contributed by atoms with Crippen LogP contribution in [0.5, 0.6) is 0 Å². The zero-order chi connectivity index (χ0) is 12.1. The van der Waals surface area contributed by atoms with Gasteiger partial charge in [-0.1, -0.05) is 20.3 Å². The summed E-state index contributed by atoms with van der Waals surface area (Å²) in [6.07, 6.45) is 5.15. The van der Waals surface area contributed by atoms with Gasteiger partial charge in [0, 0.05) is 44.6 Å². The van der Waals surface area contributed by atoms with Crippen molar-refractivity contribution in [3.8, 4) is 0 Å². The van der Waals surface area contributed by atoms with Crippen LogP contribution in [0.2, 0.25) is 0 Å². The van der Waals surface area contributed by atoms with E-state index in [1.54, 1.807) is 0 Å². The Hall–Kier alpha value is -0.870. The second-order valence-corrected chi connectivity index (χ2v) is 4.96. The van der Waals surface area contributed by atoms with Gasteiger partial charge < -0.3 is 5.32 Å². The van der Waals surface area contributed by atoms with Gasteiger partial charge in [-0.2, -0.15) is 5.10 Å². The molecule has 1 saturated heterocycles. The predicted molar refractivity (Wildman–Crippen MR) is 69.9 cm³/mol. The molecule has 0 aromatic carbocycles. The van der Waals surface area contributed by atoms with Crippen LogP contribution >= 0.6 is 0 Å². The maximum atomic E-state index is 4.27. The Kier molecular flexibility index (Phi) is 4.57. The average molecular weight is 236 g/mol. The molecule has 0 saturated carbocycles. The number of nitrogens with zero attached hydrogens (tertiary/aromatic N) is 3. The molecule has 1 aromatic rings. The Bertz CT molecular complexity index is 309. The smallest absolute Gasteiger partial charge is 0.0536 e. The highest BCUT2D eigenvalue weighted by Gasteiger charge is 2.25. The maximum Gasteiger partial charge on any atom is 0.0536 e.